The third-order valence-corrected chi connectivity index (χ3v) is 26.7. The number of aryl methyl sites for hydroxylation is 1. The quantitative estimate of drug-likeness (QED) is 0.0188. The van der Waals surface area contributed by atoms with Crippen LogP contribution in [0.1, 0.15) is 148 Å². The number of anilines is 3. The van der Waals surface area contributed by atoms with E-state index in [2.05, 4.69) is 45.4 Å². The Morgan fingerprint density at radius 1 is 0.831 bits per heavy atom. The molecule has 672 valence electrons. The van der Waals surface area contributed by atoms with Gasteiger partial charge in [-0.25, -0.2) is 24.4 Å². The van der Waals surface area contributed by atoms with Crippen molar-refractivity contribution >= 4 is 120 Å². The highest BCUT2D eigenvalue weighted by atomic mass is 32.2. The lowest BCUT2D eigenvalue weighted by atomic mass is 9.39. The van der Waals surface area contributed by atoms with Crippen molar-refractivity contribution in [1.29, 1.82) is 0 Å². The minimum absolute atomic E-state index is 0.0104. The number of fused-ring (bicyclic) bond motifs is 2. The Hall–Kier alpha value is -9.94. The van der Waals surface area contributed by atoms with E-state index in [4.69, 9.17) is 38.6 Å². The molecule has 3 aliphatic heterocycles. The van der Waals surface area contributed by atoms with Crippen molar-refractivity contribution < 1.29 is 120 Å². The molecule has 4 aliphatic carbocycles. The van der Waals surface area contributed by atoms with Gasteiger partial charge in [0, 0.05) is 60.8 Å². The van der Waals surface area contributed by atoms with E-state index in [-0.39, 0.29) is 91.7 Å². The van der Waals surface area contributed by atoms with Gasteiger partial charge < -0.3 is 90.7 Å². The molecular weight excluding hydrogens is 1670 g/mol. The van der Waals surface area contributed by atoms with E-state index < -0.39 is 167 Å². The maximum Gasteiger partial charge on any atom is 0.410 e. The fraction of sp³-hybridized carbons (Fsp3) is 0.560. The van der Waals surface area contributed by atoms with Crippen LogP contribution in [0.4, 0.5) is 21.4 Å². The molecular formula is C84H108N12O25S3. The van der Waals surface area contributed by atoms with E-state index >= 15 is 0 Å². The van der Waals surface area contributed by atoms with Crippen molar-refractivity contribution in [3.8, 4) is 11.1 Å². The number of nitrogens with one attached hydrogen (secondary N) is 5. The Bertz CT molecular complexity index is 5050. The number of thiazole rings is 1. The molecule has 40 heteroatoms. The molecule has 0 radical (unpaired) electrons. The van der Waals surface area contributed by atoms with Gasteiger partial charge in [-0.3, -0.25) is 43.3 Å². The first-order valence-corrected chi connectivity index (χ1v) is 44.7. The Kier molecular flexibility index (Phi) is 30.7. The van der Waals surface area contributed by atoms with Crippen LogP contribution >= 0.6 is 23.1 Å². The van der Waals surface area contributed by atoms with Crippen LogP contribution in [0.3, 0.4) is 0 Å². The number of ether oxygens (including phenoxy) is 4. The number of aromatic carboxylic acids is 1. The summed E-state index contributed by atoms with van der Waals surface area (Å²) in [4.78, 5) is 153. The van der Waals surface area contributed by atoms with Crippen LogP contribution in [0.25, 0.3) is 21.3 Å². The number of aromatic nitrogens is 4. The largest absolute Gasteiger partial charge is 0.479 e. The molecule has 7 aliphatic rings. The smallest absolute Gasteiger partial charge is 0.410 e. The summed E-state index contributed by atoms with van der Waals surface area (Å²) in [6, 6.07) is 16.9. The standard InChI is InChI=1S/C83H108N12O23S3.CO2/c1-45(2)65(90-64(98)34-94-53(37-115-28-29-121(112,113)114)31-60(75(94)106)87-72(103)48(5)119-8)74(105)85-46(3)71(102)86-52-18-16-51(50(30-52)17-20-61-67(99)68(100)69(101)70(118-61)77(109)110)36-116-79(111)92(25-23-54(97)35-96)26-27-117-83-41-80(6)38-81(7,42-83)40-82(39-80,43-83)44-95-47(4)57(32-84-95)55-19-21-63(89-66(55)76(107)108)93-24-22-49-12-11-13-56(58(49)33-93)73(104)91-78-88-59-14-9-10-15-62(59)120-78;2-1-3/h9-16,18-19,21,30,32,45-46,48,53-54,60-61,65,67-70,96-97,99-101H,17,20,22-29,31,33-44H2,1-8H3,(H,85,105)(H,86,102)(H,87,103)(H,90,98)(H,107,108)(H,109,110)(H,88,91,104)(H,112,113,114);/t46-,48?,53-,54-,60-,61-,65-,67-,68+,69-,70-,80?,81?,82?,83?;/m0./s1. The average Bonchev–Trinajstić information content (AvgIpc) is 0.706. The van der Waals surface area contributed by atoms with Gasteiger partial charge in [-0.1, -0.05) is 69.4 Å². The highest BCUT2D eigenvalue weighted by Gasteiger charge is 2.66. The number of nitrogens with zero attached hydrogens (tertiary/aromatic N) is 7. The minimum Gasteiger partial charge on any atom is -0.479 e. The lowest BCUT2D eigenvalue weighted by Gasteiger charge is -2.69. The Balaban J connectivity index is 0.00000492. The monoisotopic (exact) mass is 1780 g/mol. The first-order chi connectivity index (χ1) is 58.7. The molecule has 7 amide bonds. The molecule has 4 saturated carbocycles. The van der Waals surface area contributed by atoms with Gasteiger partial charge >= 0.3 is 24.2 Å². The maximum absolute atomic E-state index is 14.6. The summed E-state index contributed by atoms with van der Waals surface area (Å²) in [6.07, 6.45) is -2.18. The minimum atomic E-state index is -4.39. The van der Waals surface area contributed by atoms with Gasteiger partial charge in [-0.15, -0.1) is 0 Å². The van der Waals surface area contributed by atoms with E-state index in [1.807, 2.05) is 59.0 Å². The number of carbonyl (C=O) groups excluding carboxylic acids is 9. The zero-order valence-corrected chi connectivity index (χ0v) is 72.5. The summed E-state index contributed by atoms with van der Waals surface area (Å²) >= 11 is 2.63. The fourth-order valence-corrected chi connectivity index (χ4v) is 20.6. The van der Waals surface area contributed by atoms with Gasteiger partial charge in [-0.05, 0) is 185 Å². The summed E-state index contributed by atoms with van der Waals surface area (Å²) in [5, 5.41) is 92.1. The first kappa shape index (κ1) is 94.7. The molecule has 6 fully saturated rings. The predicted octanol–water partition coefficient (Wildman–Crippen LogP) is 4.50. The number of rotatable bonds is 37. The first-order valence-electron chi connectivity index (χ1n) is 40.9. The van der Waals surface area contributed by atoms with Crippen LogP contribution in [0.5, 0.6) is 0 Å². The molecule has 3 aromatic carbocycles. The van der Waals surface area contributed by atoms with E-state index in [0.717, 1.165) is 64.0 Å². The molecule has 4 bridgehead atoms. The number of para-hydroxylation sites is 1. The van der Waals surface area contributed by atoms with Crippen LogP contribution in [0.2, 0.25) is 0 Å². The molecule has 3 aromatic heterocycles. The molecule has 37 nitrogen and oxygen atoms in total. The van der Waals surface area contributed by atoms with Crippen molar-refractivity contribution in [1.82, 2.24) is 45.5 Å². The topological polar surface area (TPSA) is 534 Å². The normalized spacial score (nSPS) is 24.8. The zero-order valence-electron chi connectivity index (χ0n) is 70.1. The summed E-state index contributed by atoms with van der Waals surface area (Å²) in [6.45, 7) is 11.8. The summed E-state index contributed by atoms with van der Waals surface area (Å²) in [5.41, 5.74) is 4.32. The predicted molar refractivity (Wildman–Crippen MR) is 450 cm³/mol. The number of amides is 7. The van der Waals surface area contributed by atoms with E-state index in [0.29, 0.717) is 71.2 Å². The number of aliphatic hydroxyl groups excluding tert-OH is 5. The van der Waals surface area contributed by atoms with Crippen molar-refractivity contribution in [2.45, 2.75) is 210 Å². The summed E-state index contributed by atoms with van der Waals surface area (Å²) in [7, 11) is -4.39. The highest BCUT2D eigenvalue weighted by molar-refractivity contribution is 7.99. The molecule has 2 saturated heterocycles. The second-order valence-corrected chi connectivity index (χ2v) is 38.1. The summed E-state index contributed by atoms with van der Waals surface area (Å²) < 4.78 is 59.1. The van der Waals surface area contributed by atoms with Gasteiger partial charge in [0.25, 0.3) is 16.0 Å². The van der Waals surface area contributed by atoms with Gasteiger partial charge in [0.05, 0.1) is 84.2 Å². The third kappa shape index (κ3) is 22.8. The average molecular weight is 1780 g/mol. The van der Waals surface area contributed by atoms with Crippen LogP contribution in [-0.2, 0) is 100.0 Å². The molecule has 3 unspecified atom stereocenters. The molecule has 124 heavy (non-hydrogen) atoms. The highest BCUT2D eigenvalue weighted by Crippen LogP contribution is 2.72. The Morgan fingerprint density at radius 2 is 1.56 bits per heavy atom. The lowest BCUT2D eigenvalue weighted by Crippen LogP contribution is -2.64. The number of carboxylic acid groups (broad SMARTS) is 2. The number of hydrogen-bond donors (Lipinski definition) is 13. The second-order valence-electron chi connectivity index (χ2n) is 34.3. The van der Waals surface area contributed by atoms with Crippen molar-refractivity contribution in [3.63, 3.8) is 0 Å². The molecule has 13 N–H and O–H groups in total. The number of hydrogen-bond acceptors (Lipinski definition) is 28. The fourth-order valence-electron chi connectivity index (χ4n) is 19.2. The number of pyridine rings is 1. The number of aliphatic carboxylic acids is 1. The van der Waals surface area contributed by atoms with Crippen LogP contribution in [0.15, 0.2) is 79.0 Å². The zero-order chi connectivity index (χ0) is 90.1. The van der Waals surface area contributed by atoms with Crippen LogP contribution in [0, 0.1) is 29.1 Å². The van der Waals surface area contributed by atoms with E-state index in [1.54, 1.807) is 45.4 Å². The maximum atomic E-state index is 14.6. The van der Waals surface area contributed by atoms with Gasteiger partial charge in [0.1, 0.15) is 48.9 Å². The van der Waals surface area contributed by atoms with Gasteiger partial charge in [-0.2, -0.15) is 34.9 Å². The second kappa shape index (κ2) is 40.1. The number of aliphatic hydroxyl groups is 5. The molecule has 6 heterocycles. The van der Waals surface area contributed by atoms with E-state index in [9.17, 15) is 91.9 Å². The number of thioether (sulfide) groups is 1. The summed E-state index contributed by atoms with van der Waals surface area (Å²) in [5.74, 6) is -7.41. The van der Waals surface area contributed by atoms with Crippen LogP contribution in [-0.4, -0.2) is 274 Å². The number of carboxylic acids is 2. The van der Waals surface area contributed by atoms with Gasteiger partial charge in [0.15, 0.2) is 16.9 Å². The molecule has 13 rings (SSSR count). The third-order valence-electron chi connectivity index (χ3n) is 24.1. The van der Waals surface area contributed by atoms with Gasteiger partial charge in [0.2, 0.25) is 29.5 Å². The number of likely N-dealkylation sites (tertiary alicyclic amines) is 1. The number of benzene rings is 3. The molecule has 6 aromatic rings. The van der Waals surface area contributed by atoms with E-state index in [1.165, 1.54) is 53.1 Å². The number of carbonyl (C=O) groups is 9. The van der Waals surface area contributed by atoms with Crippen molar-refractivity contribution in [2.24, 2.45) is 22.2 Å². The SMILES string of the molecule is CSC(C)C(=O)N[C@H]1C[C@@H](COCCS(=O)(=O)O)N(CC(=O)N[C@H](C(=O)N[C@@H](C)C(=O)Nc2ccc(COC(=O)N(CCOC34CC5(C)CC(C)(CC(Cn6ncc(-c7ccc(N8CCc9cccc(C(=O)Nc%10nc%11ccccc%11s%10)c9C8)nc7C(=O)O)c6C)(C5)C3)C4)CC[C@H](O)CO)c(CC[C@@H]3O[C@H](C(=O)O)[C@@H](O)[C@H](O)[C@H]3O)c2)C(C)C)C1=O.O=C=O. The Morgan fingerprint density at radius 3 is 2.23 bits per heavy atom. The van der Waals surface area contributed by atoms with Crippen LogP contribution < -0.4 is 31.5 Å². The van der Waals surface area contributed by atoms with Crippen molar-refractivity contribution in [2.75, 3.05) is 80.1 Å². The molecule has 13 atom stereocenters. The van der Waals surface area contributed by atoms with Crippen molar-refractivity contribution in [3.05, 3.63) is 118 Å². The molecule has 0 spiro atoms. The lowest BCUT2D eigenvalue weighted by molar-refractivity contribution is -0.248. The Labute approximate surface area is 723 Å².